The summed E-state index contributed by atoms with van der Waals surface area (Å²) in [5, 5.41) is 35.5. The summed E-state index contributed by atoms with van der Waals surface area (Å²) in [5.74, 6) is -1.09. The molecule has 0 radical (unpaired) electrons. The quantitative estimate of drug-likeness (QED) is 0.283. The minimum Gasteiger partial charge on any atom is -0.508 e. The van der Waals surface area contributed by atoms with Gasteiger partial charge in [-0.2, -0.15) is 0 Å². The van der Waals surface area contributed by atoms with Gasteiger partial charge in [-0.1, -0.05) is 35.3 Å². The molecule has 3 rings (SSSR count). The van der Waals surface area contributed by atoms with Crippen molar-refractivity contribution in [1.29, 1.82) is 0 Å². The number of phenols is 1. The minimum atomic E-state index is -2.72. The van der Waals surface area contributed by atoms with Crippen LogP contribution in [0, 0.1) is 0 Å². The SMILES string of the molecule is CP(=O)(CCc1cc(Cl)c(CN[C@@H](CNC(=O)N2CC[C@H](O)C2)C(=O)O)c(Cl)c1)c1cccc(O)c1. The third-order valence-corrected chi connectivity index (χ3v) is 9.26. The normalized spacial score (nSPS) is 18.0. The van der Waals surface area contributed by atoms with Crippen molar-refractivity contribution in [3.63, 3.8) is 0 Å². The Hall–Kier alpha value is -2.29. The summed E-state index contributed by atoms with van der Waals surface area (Å²) in [7, 11) is -2.72. The number of benzene rings is 2. The molecular formula is C24H30Cl2N3O6P. The molecule has 1 saturated heterocycles. The largest absolute Gasteiger partial charge is 0.508 e. The number of aliphatic carboxylic acids is 1. The van der Waals surface area contributed by atoms with E-state index in [9.17, 15) is 29.5 Å². The van der Waals surface area contributed by atoms with Crippen LogP contribution in [0.1, 0.15) is 17.5 Å². The van der Waals surface area contributed by atoms with Crippen LogP contribution >= 0.6 is 30.3 Å². The Bertz CT molecular complexity index is 1140. The number of β-amino-alcohol motifs (C(OH)–C–C–N with tert-alkyl or cyclic N) is 1. The summed E-state index contributed by atoms with van der Waals surface area (Å²) in [5.41, 5.74) is 1.29. The first-order valence-electron chi connectivity index (χ1n) is 11.5. The molecule has 5 N–H and O–H groups in total. The van der Waals surface area contributed by atoms with Crippen molar-refractivity contribution < 1.29 is 29.5 Å². The number of urea groups is 1. The summed E-state index contributed by atoms with van der Waals surface area (Å²) in [6, 6.07) is 8.32. The number of halogens is 2. The number of carboxylic acid groups (broad SMARTS) is 1. The second-order valence-electron chi connectivity index (χ2n) is 8.98. The molecule has 1 aliphatic heterocycles. The van der Waals surface area contributed by atoms with Gasteiger partial charge in [0.25, 0.3) is 0 Å². The van der Waals surface area contributed by atoms with Gasteiger partial charge >= 0.3 is 12.0 Å². The number of carbonyl (C=O) groups excluding carboxylic acids is 1. The lowest BCUT2D eigenvalue weighted by Gasteiger charge is -2.20. The molecule has 1 heterocycles. The molecule has 0 aliphatic carbocycles. The number of nitrogens with zero attached hydrogens (tertiary/aromatic N) is 1. The number of aryl methyl sites for hydroxylation is 1. The molecule has 36 heavy (non-hydrogen) atoms. The molecule has 196 valence electrons. The summed E-state index contributed by atoms with van der Waals surface area (Å²) >= 11 is 12.9. The van der Waals surface area contributed by atoms with E-state index in [0.29, 0.717) is 46.5 Å². The van der Waals surface area contributed by atoms with Gasteiger partial charge in [0, 0.05) is 53.3 Å². The Balaban J connectivity index is 1.58. The number of carboxylic acids is 1. The standard InChI is InChI=1S/C24H30Cl2N3O6P/c1-36(35,18-4-2-3-16(30)11-18)8-6-15-9-20(25)19(21(26)10-15)12-27-22(23(32)33)13-28-24(34)29-7-5-17(31)14-29/h2-4,9-11,17,22,27,30-31H,5-8,12-14H2,1H3,(H,28,34)(H,32,33)/t17-,22-,36?/m0/s1. The van der Waals surface area contributed by atoms with Crippen molar-refractivity contribution in [2.75, 3.05) is 32.5 Å². The first-order chi connectivity index (χ1) is 17.0. The first kappa shape index (κ1) is 28.3. The van der Waals surface area contributed by atoms with Gasteiger partial charge in [-0.3, -0.25) is 10.1 Å². The highest BCUT2D eigenvalue weighted by Crippen LogP contribution is 2.41. The highest BCUT2D eigenvalue weighted by atomic mass is 35.5. The van der Waals surface area contributed by atoms with Crippen LogP contribution in [-0.2, 0) is 22.3 Å². The second kappa shape index (κ2) is 12.3. The molecule has 3 atom stereocenters. The average Bonchev–Trinajstić information content (AvgIpc) is 3.25. The molecule has 2 aromatic carbocycles. The fraction of sp³-hybridized carbons (Fsp3) is 0.417. The lowest BCUT2D eigenvalue weighted by Crippen LogP contribution is -2.49. The lowest BCUT2D eigenvalue weighted by molar-refractivity contribution is -0.139. The van der Waals surface area contributed by atoms with E-state index in [4.69, 9.17) is 23.2 Å². The number of carbonyl (C=O) groups is 2. The van der Waals surface area contributed by atoms with Crippen LogP contribution < -0.4 is 15.9 Å². The van der Waals surface area contributed by atoms with E-state index in [2.05, 4.69) is 10.6 Å². The summed E-state index contributed by atoms with van der Waals surface area (Å²) in [4.78, 5) is 25.3. The highest BCUT2D eigenvalue weighted by molar-refractivity contribution is 7.70. The van der Waals surface area contributed by atoms with Gasteiger partial charge < -0.3 is 30.1 Å². The second-order valence-corrected chi connectivity index (χ2v) is 13.0. The van der Waals surface area contributed by atoms with Crippen LogP contribution in [0.15, 0.2) is 36.4 Å². The van der Waals surface area contributed by atoms with E-state index >= 15 is 0 Å². The fourth-order valence-electron chi connectivity index (χ4n) is 3.93. The molecule has 1 unspecified atom stereocenters. The van der Waals surface area contributed by atoms with Gasteiger partial charge in [0.05, 0.1) is 6.10 Å². The van der Waals surface area contributed by atoms with Gasteiger partial charge in [-0.15, -0.1) is 0 Å². The summed E-state index contributed by atoms with van der Waals surface area (Å²) in [6.45, 7) is 2.20. The molecule has 0 spiro atoms. The van der Waals surface area contributed by atoms with Crippen molar-refractivity contribution in [1.82, 2.24) is 15.5 Å². The zero-order valence-electron chi connectivity index (χ0n) is 19.8. The number of aromatic hydroxyl groups is 1. The van der Waals surface area contributed by atoms with E-state index in [1.165, 1.54) is 17.0 Å². The van der Waals surface area contributed by atoms with E-state index in [0.717, 1.165) is 5.56 Å². The van der Waals surface area contributed by atoms with Gasteiger partial charge in [0.15, 0.2) is 0 Å². The molecule has 0 aromatic heterocycles. The monoisotopic (exact) mass is 557 g/mol. The van der Waals surface area contributed by atoms with Crippen LogP contribution in [0.2, 0.25) is 10.0 Å². The van der Waals surface area contributed by atoms with Crippen molar-refractivity contribution in [3.8, 4) is 5.75 Å². The van der Waals surface area contributed by atoms with Gasteiger partial charge in [0.2, 0.25) is 0 Å². The fourth-order valence-corrected chi connectivity index (χ4v) is 6.34. The van der Waals surface area contributed by atoms with Crippen molar-refractivity contribution >= 4 is 47.6 Å². The number of likely N-dealkylation sites (tertiary alicyclic amines) is 1. The highest BCUT2D eigenvalue weighted by Gasteiger charge is 2.26. The van der Waals surface area contributed by atoms with Crippen molar-refractivity contribution in [2.24, 2.45) is 0 Å². The Morgan fingerprint density at radius 2 is 1.92 bits per heavy atom. The summed E-state index contributed by atoms with van der Waals surface area (Å²) in [6.07, 6.45) is 0.737. The molecule has 1 fully saturated rings. The zero-order valence-corrected chi connectivity index (χ0v) is 22.2. The van der Waals surface area contributed by atoms with Crippen molar-refractivity contribution in [3.05, 3.63) is 57.6 Å². The van der Waals surface area contributed by atoms with Gasteiger partial charge in [-0.05, 0) is 49.3 Å². The van der Waals surface area contributed by atoms with Crippen molar-refractivity contribution in [2.45, 2.75) is 31.5 Å². The smallest absolute Gasteiger partial charge is 0.322 e. The first-order valence-corrected chi connectivity index (χ1v) is 14.6. The third-order valence-electron chi connectivity index (χ3n) is 6.14. The Morgan fingerprint density at radius 3 is 2.50 bits per heavy atom. The van der Waals surface area contributed by atoms with Crippen LogP contribution in [0.25, 0.3) is 0 Å². The molecule has 12 heteroatoms. The lowest BCUT2D eigenvalue weighted by atomic mass is 10.1. The van der Waals surface area contributed by atoms with Crippen LogP contribution in [-0.4, -0.2) is 76.8 Å². The maximum Gasteiger partial charge on any atom is 0.322 e. The molecular weight excluding hydrogens is 528 g/mol. The van der Waals surface area contributed by atoms with Crippen LogP contribution in [0.5, 0.6) is 5.75 Å². The summed E-state index contributed by atoms with van der Waals surface area (Å²) < 4.78 is 13.1. The number of hydrogen-bond donors (Lipinski definition) is 5. The molecule has 0 saturated carbocycles. The number of phenolic OH excluding ortho intramolecular Hbond substituents is 1. The minimum absolute atomic E-state index is 0.0583. The van der Waals surface area contributed by atoms with E-state index in [1.807, 2.05) is 0 Å². The number of aliphatic hydroxyl groups excluding tert-OH is 1. The molecule has 9 nitrogen and oxygen atoms in total. The predicted octanol–water partition coefficient (Wildman–Crippen LogP) is 2.88. The number of rotatable bonds is 10. The van der Waals surface area contributed by atoms with E-state index in [1.54, 1.807) is 30.9 Å². The maximum absolute atomic E-state index is 13.1. The number of nitrogens with one attached hydrogen (secondary N) is 2. The number of aliphatic hydroxyl groups is 1. The molecule has 2 amide bonds. The Morgan fingerprint density at radius 1 is 1.22 bits per heavy atom. The van der Waals surface area contributed by atoms with Gasteiger partial charge in [-0.25, -0.2) is 4.79 Å². The molecule has 1 aliphatic rings. The number of hydrogen-bond acceptors (Lipinski definition) is 6. The number of amides is 2. The molecule has 0 bridgehead atoms. The maximum atomic E-state index is 13.1. The predicted molar refractivity (Wildman–Crippen MR) is 140 cm³/mol. The van der Waals surface area contributed by atoms with Crippen LogP contribution in [0.4, 0.5) is 4.79 Å². The van der Waals surface area contributed by atoms with Gasteiger partial charge in [0.1, 0.15) is 18.9 Å². The zero-order chi connectivity index (χ0) is 26.5. The molecule has 2 aromatic rings. The van der Waals surface area contributed by atoms with Crippen LogP contribution in [0.3, 0.4) is 0 Å². The van der Waals surface area contributed by atoms with E-state index in [-0.39, 0.29) is 25.4 Å². The topological polar surface area (TPSA) is 139 Å². The third kappa shape index (κ3) is 7.60. The average molecular weight is 558 g/mol. The Kier molecular flexibility index (Phi) is 9.66. The van der Waals surface area contributed by atoms with E-state index < -0.39 is 31.3 Å². The Labute approximate surface area is 219 Å².